The van der Waals surface area contributed by atoms with Gasteiger partial charge in [0.1, 0.15) is 0 Å². The van der Waals surface area contributed by atoms with Crippen LogP contribution in [0.2, 0.25) is 0 Å². The summed E-state index contributed by atoms with van der Waals surface area (Å²) in [4.78, 5) is 0. The van der Waals surface area contributed by atoms with Crippen LogP contribution in [-0.2, 0) is 10.8 Å². The molecule has 0 atom stereocenters. The molecule has 1 nitrogen and oxygen atoms in total. The molecule has 2 aliphatic heterocycles. The predicted molar refractivity (Wildman–Crippen MR) is 258 cm³/mol. The van der Waals surface area contributed by atoms with Crippen LogP contribution in [0, 0.1) is 0 Å². The summed E-state index contributed by atoms with van der Waals surface area (Å²) in [5.74, 6) is 0. The first-order valence-corrected chi connectivity index (χ1v) is 21.9. The first-order valence-electron chi connectivity index (χ1n) is 21.9. The highest BCUT2D eigenvalue weighted by Gasteiger charge is 2.43. The Morgan fingerprint density at radius 1 is 0.344 bits per heavy atom. The van der Waals surface area contributed by atoms with Crippen molar-refractivity contribution in [2.75, 3.05) is 0 Å². The van der Waals surface area contributed by atoms with Gasteiger partial charge in [-0.25, -0.2) is 0 Å². The second-order valence-electron chi connectivity index (χ2n) is 18.4. The third-order valence-corrected chi connectivity index (χ3v) is 14.3. The number of nitrogens with zero attached hydrogens (tertiary/aromatic N) is 1. The van der Waals surface area contributed by atoms with Gasteiger partial charge in [0.2, 0.25) is 0 Å². The van der Waals surface area contributed by atoms with E-state index < -0.39 is 0 Å². The van der Waals surface area contributed by atoms with Crippen molar-refractivity contribution < 1.29 is 0 Å². The normalized spacial score (nSPS) is 15.5. The summed E-state index contributed by atoms with van der Waals surface area (Å²) in [5, 5.41) is 2.66. The zero-order chi connectivity index (χ0) is 41.0. The molecule has 0 fully saturated rings. The van der Waals surface area contributed by atoms with Crippen molar-refractivity contribution in [1.82, 2.24) is 4.57 Å². The molecule has 9 aromatic rings. The van der Waals surface area contributed by atoms with Crippen molar-refractivity contribution in [2.45, 2.75) is 51.4 Å². The molecule has 3 heterocycles. The number of aromatic nitrogens is 1. The summed E-state index contributed by atoms with van der Waals surface area (Å²) in [6.07, 6.45) is 6.77. The Morgan fingerprint density at radius 3 is 1.31 bits per heavy atom. The van der Waals surface area contributed by atoms with Crippen LogP contribution in [-0.4, -0.2) is 4.57 Å². The van der Waals surface area contributed by atoms with Crippen LogP contribution >= 0.6 is 0 Å². The first-order chi connectivity index (χ1) is 29.8. The highest BCUT2D eigenvalue weighted by Crippen LogP contribution is 2.57. The fourth-order valence-electron chi connectivity index (χ4n) is 11.1. The van der Waals surface area contributed by atoms with Crippen molar-refractivity contribution in [3.8, 4) is 50.2 Å². The number of rotatable bonds is 6. The smallest absolute Gasteiger partial charge is 0.0582 e. The molecular formula is C60H47N. The lowest BCUT2D eigenvalue weighted by Crippen LogP contribution is -2.33. The van der Waals surface area contributed by atoms with Gasteiger partial charge in [-0.2, -0.15) is 0 Å². The lowest BCUT2D eigenvalue weighted by molar-refractivity contribution is 0.594. The molecule has 3 aliphatic rings. The van der Waals surface area contributed by atoms with E-state index in [0.717, 1.165) is 12.8 Å². The van der Waals surface area contributed by atoms with Crippen LogP contribution in [0.25, 0.3) is 83.1 Å². The molecule has 0 amide bonds. The van der Waals surface area contributed by atoms with Gasteiger partial charge in [0.15, 0.2) is 0 Å². The molecule has 0 radical (unpaired) electrons. The van der Waals surface area contributed by atoms with Crippen molar-refractivity contribution in [1.29, 1.82) is 0 Å². The summed E-state index contributed by atoms with van der Waals surface area (Å²) < 4.78 is 2.66. The van der Waals surface area contributed by atoms with Gasteiger partial charge in [-0.05, 0) is 126 Å². The zero-order valence-corrected chi connectivity index (χ0v) is 35.3. The van der Waals surface area contributed by atoms with Gasteiger partial charge in [0.25, 0.3) is 0 Å². The molecule has 0 saturated heterocycles. The minimum Gasteiger partial charge on any atom is -0.308 e. The van der Waals surface area contributed by atoms with Crippen molar-refractivity contribution in [2.24, 2.45) is 0 Å². The van der Waals surface area contributed by atoms with Crippen LogP contribution in [0.4, 0.5) is 0 Å². The number of fused-ring (bicyclic) bond motifs is 1. The SMILES string of the molecule is CC1(C)c2cccc3c2-n2c4c1cc(-c1ccccc1C1=CC=C(c5ccccc5)CC1)cc4c1cc(-c4ccccc4-c4ccc(-c5ccccc5)cc4)cc(c12)C3(C)C. The molecule has 0 N–H and O–H groups in total. The summed E-state index contributed by atoms with van der Waals surface area (Å²) in [7, 11) is 0. The Labute approximate surface area is 359 Å². The lowest BCUT2D eigenvalue weighted by Gasteiger charge is -2.42. The maximum atomic E-state index is 2.66. The predicted octanol–water partition coefficient (Wildman–Crippen LogP) is 16.0. The van der Waals surface area contributed by atoms with E-state index >= 15 is 0 Å². The van der Waals surface area contributed by atoms with E-state index in [1.165, 1.54) is 117 Å². The number of benzene rings is 8. The van der Waals surface area contributed by atoms with Crippen LogP contribution < -0.4 is 0 Å². The quantitative estimate of drug-likeness (QED) is 0.158. The second-order valence-corrected chi connectivity index (χ2v) is 18.4. The maximum Gasteiger partial charge on any atom is 0.0582 e. The number of allylic oxidation sites excluding steroid dienone is 4. The molecule has 0 unspecified atom stereocenters. The second kappa shape index (κ2) is 13.3. The standard InChI is InChI=1S/C60H47N/c1-59(2)52-24-15-25-53-58(52)61-56-50(34-44(36-54(56)59)48-22-13-11-20-46(48)42-30-26-40(27-31-42)38-16-7-5-8-17-38)51-35-45(37-55(57(51)61)60(53,3)4)49-23-14-12-21-47(49)43-32-28-41(29-33-43)39-18-9-6-10-19-39/h5-28,30-32,34-37H,29,33H2,1-4H3. The van der Waals surface area contributed by atoms with E-state index in [1.54, 1.807) is 0 Å². The molecule has 1 aromatic heterocycles. The van der Waals surface area contributed by atoms with Crippen LogP contribution in [0.15, 0.2) is 188 Å². The molecule has 0 bridgehead atoms. The Kier molecular flexibility index (Phi) is 7.82. The zero-order valence-electron chi connectivity index (χ0n) is 35.3. The molecule has 8 aromatic carbocycles. The van der Waals surface area contributed by atoms with Crippen LogP contribution in [0.3, 0.4) is 0 Å². The monoisotopic (exact) mass is 781 g/mol. The Balaban J connectivity index is 1.09. The fraction of sp³-hybridized carbons (Fsp3) is 0.133. The van der Waals surface area contributed by atoms with Gasteiger partial charge in [-0.1, -0.05) is 192 Å². The molecule has 0 spiro atoms. The molecule has 1 heteroatoms. The maximum absolute atomic E-state index is 2.66. The Morgan fingerprint density at radius 2 is 0.770 bits per heavy atom. The van der Waals surface area contributed by atoms with Gasteiger partial charge in [0.05, 0.1) is 16.7 Å². The summed E-state index contributed by atoms with van der Waals surface area (Å²) in [5.41, 5.74) is 24.8. The third kappa shape index (κ3) is 5.33. The fourth-order valence-corrected chi connectivity index (χ4v) is 11.1. The minimum atomic E-state index is -0.209. The van der Waals surface area contributed by atoms with Crippen LogP contribution in [0.5, 0.6) is 0 Å². The summed E-state index contributed by atoms with van der Waals surface area (Å²) in [6.45, 7) is 9.77. The van der Waals surface area contributed by atoms with E-state index in [1.807, 2.05) is 0 Å². The average Bonchev–Trinajstić information content (AvgIpc) is 3.65. The Bertz CT molecular complexity index is 3310. The summed E-state index contributed by atoms with van der Waals surface area (Å²) in [6, 6.07) is 65.9. The molecule has 292 valence electrons. The average molecular weight is 782 g/mol. The largest absolute Gasteiger partial charge is 0.308 e. The molecule has 1 aliphatic carbocycles. The van der Waals surface area contributed by atoms with Crippen molar-refractivity contribution in [3.63, 3.8) is 0 Å². The molecular weight excluding hydrogens is 735 g/mol. The lowest BCUT2D eigenvalue weighted by atomic mass is 9.68. The molecule has 61 heavy (non-hydrogen) atoms. The highest BCUT2D eigenvalue weighted by atomic mass is 15.0. The van der Waals surface area contributed by atoms with Crippen molar-refractivity contribution >= 4 is 33.0 Å². The number of hydrogen-bond acceptors (Lipinski definition) is 0. The Hall–Kier alpha value is -6.96. The van der Waals surface area contributed by atoms with E-state index in [4.69, 9.17) is 0 Å². The van der Waals surface area contributed by atoms with E-state index in [9.17, 15) is 0 Å². The third-order valence-electron chi connectivity index (χ3n) is 14.3. The van der Waals surface area contributed by atoms with Gasteiger partial charge in [0, 0.05) is 21.6 Å². The van der Waals surface area contributed by atoms with E-state index in [-0.39, 0.29) is 10.8 Å². The van der Waals surface area contributed by atoms with Gasteiger partial charge in [-0.15, -0.1) is 0 Å². The van der Waals surface area contributed by atoms with E-state index in [2.05, 4.69) is 220 Å². The van der Waals surface area contributed by atoms with Crippen molar-refractivity contribution in [3.05, 3.63) is 221 Å². The highest BCUT2D eigenvalue weighted by molar-refractivity contribution is 6.16. The minimum absolute atomic E-state index is 0.203. The first kappa shape index (κ1) is 35.9. The number of hydrogen-bond donors (Lipinski definition) is 0. The molecule has 0 saturated carbocycles. The van der Waals surface area contributed by atoms with Gasteiger partial charge >= 0.3 is 0 Å². The van der Waals surface area contributed by atoms with Gasteiger partial charge < -0.3 is 4.57 Å². The summed E-state index contributed by atoms with van der Waals surface area (Å²) >= 11 is 0. The van der Waals surface area contributed by atoms with E-state index in [0.29, 0.717) is 0 Å². The topological polar surface area (TPSA) is 4.93 Å². The van der Waals surface area contributed by atoms with Gasteiger partial charge in [-0.3, -0.25) is 0 Å². The molecule has 12 rings (SSSR count). The number of para-hydroxylation sites is 1. The van der Waals surface area contributed by atoms with Crippen LogP contribution in [0.1, 0.15) is 73.9 Å².